The van der Waals surface area contributed by atoms with Crippen molar-refractivity contribution in [3.05, 3.63) is 30.1 Å². The van der Waals surface area contributed by atoms with E-state index in [-0.39, 0.29) is 24.0 Å². The molecule has 7 nitrogen and oxygen atoms in total. The Bertz CT molecular complexity index is 688. The molecular weight excluding hydrogens is 352 g/mol. The maximum atomic E-state index is 5.24. The topological polar surface area (TPSA) is 59.3 Å². The smallest absolute Gasteiger partial charge is 0.168 e. The molecule has 1 saturated heterocycles. The molecule has 1 unspecified atom stereocenters. The largest absolute Gasteiger partial charge is 0.497 e. The molecule has 1 fully saturated rings. The zero-order valence-electron chi connectivity index (χ0n) is 16.2. The number of piperazine rings is 1. The summed E-state index contributed by atoms with van der Waals surface area (Å²) in [7, 11) is 1.69. The Morgan fingerprint density at radius 2 is 1.65 bits per heavy atom. The molecule has 26 heavy (non-hydrogen) atoms. The lowest BCUT2D eigenvalue weighted by molar-refractivity contribution is 0.178. The predicted octanol–water partition coefficient (Wildman–Crippen LogP) is 2.74. The zero-order valence-corrected chi connectivity index (χ0v) is 17.0. The van der Waals surface area contributed by atoms with Gasteiger partial charge in [-0.1, -0.05) is 0 Å². The first kappa shape index (κ1) is 20.5. The third kappa shape index (κ3) is 4.27. The monoisotopic (exact) mass is 380 g/mol. The van der Waals surface area contributed by atoms with Crippen LogP contribution in [0.25, 0.3) is 0 Å². The molecule has 1 aromatic heterocycles. The molecule has 8 heteroatoms. The van der Waals surface area contributed by atoms with E-state index in [1.165, 1.54) is 5.69 Å². The predicted molar refractivity (Wildman–Crippen MR) is 105 cm³/mol. The normalized spacial score (nSPS) is 16.9. The standard InChI is InChI=1S/C18H28N6O.ClH/c1-14(17-19-20-21-24(17)18(2,3)4)22-10-12-23(13-11-22)15-6-8-16(25-5)9-7-15;/h6-9,14H,10-13H2,1-5H3;1H. The van der Waals surface area contributed by atoms with Crippen LogP contribution in [0.3, 0.4) is 0 Å². The summed E-state index contributed by atoms with van der Waals surface area (Å²) in [5.41, 5.74) is 1.13. The number of hydrogen-bond acceptors (Lipinski definition) is 6. The molecule has 0 bridgehead atoms. The molecule has 144 valence electrons. The molecule has 0 saturated carbocycles. The maximum Gasteiger partial charge on any atom is 0.168 e. The quantitative estimate of drug-likeness (QED) is 0.812. The van der Waals surface area contributed by atoms with Crippen LogP contribution in [0.4, 0.5) is 5.69 Å². The Labute approximate surface area is 161 Å². The Hall–Kier alpha value is -1.86. The van der Waals surface area contributed by atoms with Gasteiger partial charge in [0.1, 0.15) is 5.75 Å². The summed E-state index contributed by atoms with van der Waals surface area (Å²) in [6.07, 6.45) is 0. The van der Waals surface area contributed by atoms with Gasteiger partial charge < -0.3 is 9.64 Å². The van der Waals surface area contributed by atoms with Crippen molar-refractivity contribution in [1.29, 1.82) is 0 Å². The summed E-state index contributed by atoms with van der Waals surface area (Å²) in [6.45, 7) is 12.5. The van der Waals surface area contributed by atoms with Crippen LogP contribution < -0.4 is 9.64 Å². The average molecular weight is 381 g/mol. The van der Waals surface area contributed by atoms with E-state index in [1.54, 1.807) is 7.11 Å². The van der Waals surface area contributed by atoms with Gasteiger partial charge in [0.2, 0.25) is 0 Å². The van der Waals surface area contributed by atoms with E-state index in [9.17, 15) is 0 Å². The third-order valence-corrected chi connectivity index (χ3v) is 4.80. The van der Waals surface area contributed by atoms with Gasteiger partial charge >= 0.3 is 0 Å². The fourth-order valence-electron chi connectivity index (χ4n) is 3.26. The number of nitrogens with zero attached hydrogens (tertiary/aromatic N) is 6. The molecule has 1 atom stereocenters. The minimum absolute atomic E-state index is 0. The first-order valence-electron chi connectivity index (χ1n) is 8.82. The zero-order chi connectivity index (χ0) is 18.0. The maximum absolute atomic E-state index is 5.24. The number of hydrogen-bond donors (Lipinski definition) is 0. The van der Waals surface area contributed by atoms with Crippen LogP contribution in [0, 0.1) is 0 Å². The molecule has 0 radical (unpaired) electrons. The first-order chi connectivity index (χ1) is 11.9. The second kappa shape index (κ2) is 8.22. The summed E-state index contributed by atoms with van der Waals surface area (Å²) in [5, 5.41) is 12.4. The van der Waals surface area contributed by atoms with Crippen LogP contribution in [-0.4, -0.2) is 58.4 Å². The molecule has 1 aromatic carbocycles. The van der Waals surface area contributed by atoms with Gasteiger partial charge in [-0.2, -0.15) is 0 Å². The van der Waals surface area contributed by atoms with Crippen molar-refractivity contribution >= 4 is 18.1 Å². The molecule has 2 aromatic rings. The second-order valence-corrected chi connectivity index (χ2v) is 7.52. The summed E-state index contributed by atoms with van der Waals surface area (Å²) < 4.78 is 7.18. The highest BCUT2D eigenvalue weighted by Crippen LogP contribution is 2.26. The van der Waals surface area contributed by atoms with Gasteiger partial charge in [-0.15, -0.1) is 17.5 Å². The van der Waals surface area contributed by atoms with Crippen molar-refractivity contribution in [3.63, 3.8) is 0 Å². The number of rotatable bonds is 4. The van der Waals surface area contributed by atoms with Gasteiger partial charge in [0.15, 0.2) is 5.82 Å². The average Bonchev–Trinajstić information content (AvgIpc) is 3.11. The Kier molecular flexibility index (Phi) is 6.47. The van der Waals surface area contributed by atoms with E-state index in [0.717, 1.165) is 37.8 Å². The van der Waals surface area contributed by atoms with E-state index < -0.39 is 0 Å². The molecule has 1 aliphatic heterocycles. The highest BCUT2D eigenvalue weighted by Gasteiger charge is 2.29. The number of benzene rings is 1. The van der Waals surface area contributed by atoms with E-state index in [1.807, 2.05) is 16.8 Å². The molecule has 0 amide bonds. The lowest BCUT2D eigenvalue weighted by atomic mass is 10.1. The summed E-state index contributed by atoms with van der Waals surface area (Å²) in [4.78, 5) is 4.86. The van der Waals surface area contributed by atoms with Crippen molar-refractivity contribution < 1.29 is 4.74 Å². The highest BCUT2D eigenvalue weighted by molar-refractivity contribution is 5.85. The number of ether oxygens (including phenoxy) is 1. The molecular formula is C18H29ClN6O. The molecule has 1 aliphatic rings. The number of tetrazole rings is 1. The summed E-state index contributed by atoms with van der Waals surface area (Å²) in [6, 6.07) is 8.48. The fraction of sp³-hybridized carbons (Fsp3) is 0.611. The van der Waals surface area contributed by atoms with Crippen molar-refractivity contribution in [3.8, 4) is 5.75 Å². The van der Waals surface area contributed by atoms with Gasteiger partial charge in [-0.05, 0) is 62.4 Å². The van der Waals surface area contributed by atoms with E-state index in [0.29, 0.717) is 0 Å². The third-order valence-electron chi connectivity index (χ3n) is 4.80. The van der Waals surface area contributed by atoms with Gasteiger partial charge in [0, 0.05) is 31.9 Å². The van der Waals surface area contributed by atoms with E-state index in [4.69, 9.17) is 4.74 Å². The van der Waals surface area contributed by atoms with Crippen LogP contribution >= 0.6 is 12.4 Å². The van der Waals surface area contributed by atoms with Gasteiger partial charge in [0.05, 0.1) is 18.7 Å². The van der Waals surface area contributed by atoms with Gasteiger partial charge in [-0.3, -0.25) is 4.90 Å². The Morgan fingerprint density at radius 3 is 2.19 bits per heavy atom. The van der Waals surface area contributed by atoms with Gasteiger partial charge in [-0.25, -0.2) is 4.68 Å². The van der Waals surface area contributed by atoms with E-state index in [2.05, 4.69) is 65.2 Å². The number of methoxy groups -OCH3 is 1. The Balaban J connectivity index is 0.00000243. The summed E-state index contributed by atoms with van der Waals surface area (Å²) in [5.74, 6) is 1.83. The highest BCUT2D eigenvalue weighted by atomic mass is 35.5. The summed E-state index contributed by atoms with van der Waals surface area (Å²) >= 11 is 0. The molecule has 0 spiro atoms. The lowest BCUT2D eigenvalue weighted by Crippen LogP contribution is -2.48. The molecule has 3 rings (SSSR count). The first-order valence-corrected chi connectivity index (χ1v) is 8.82. The van der Waals surface area contributed by atoms with Crippen molar-refractivity contribution in [2.75, 3.05) is 38.2 Å². The van der Waals surface area contributed by atoms with Crippen LogP contribution in [-0.2, 0) is 5.54 Å². The fourth-order valence-corrected chi connectivity index (χ4v) is 3.26. The van der Waals surface area contributed by atoms with Crippen molar-refractivity contribution in [1.82, 2.24) is 25.1 Å². The molecule has 0 aliphatic carbocycles. The van der Waals surface area contributed by atoms with Crippen molar-refractivity contribution in [2.45, 2.75) is 39.3 Å². The van der Waals surface area contributed by atoms with Crippen LogP contribution in [0.1, 0.15) is 39.6 Å². The number of anilines is 1. The van der Waals surface area contributed by atoms with Crippen LogP contribution in [0.15, 0.2) is 24.3 Å². The number of halogens is 1. The van der Waals surface area contributed by atoms with E-state index >= 15 is 0 Å². The minimum atomic E-state index is -0.113. The van der Waals surface area contributed by atoms with Crippen molar-refractivity contribution in [2.24, 2.45) is 0 Å². The van der Waals surface area contributed by atoms with Crippen LogP contribution in [0.5, 0.6) is 5.75 Å². The Morgan fingerprint density at radius 1 is 1.04 bits per heavy atom. The molecule has 0 N–H and O–H groups in total. The van der Waals surface area contributed by atoms with Crippen LogP contribution in [0.2, 0.25) is 0 Å². The second-order valence-electron chi connectivity index (χ2n) is 7.52. The molecule has 2 heterocycles. The minimum Gasteiger partial charge on any atom is -0.497 e. The number of aromatic nitrogens is 4. The van der Waals surface area contributed by atoms with Gasteiger partial charge in [0.25, 0.3) is 0 Å². The SMILES string of the molecule is COc1ccc(N2CCN(C(C)c3nnnn3C(C)(C)C)CC2)cc1.Cl. The lowest BCUT2D eigenvalue weighted by Gasteiger charge is -2.39.